The van der Waals surface area contributed by atoms with Gasteiger partial charge in [0.05, 0.1) is 6.42 Å². The quantitative estimate of drug-likeness (QED) is 0.0852. The molecule has 0 radical (unpaired) electrons. The van der Waals surface area contributed by atoms with Crippen LogP contribution in [0.3, 0.4) is 0 Å². The van der Waals surface area contributed by atoms with Gasteiger partial charge in [-0.3, -0.25) is 19.2 Å². The molecule has 0 aliphatic carbocycles. The van der Waals surface area contributed by atoms with Crippen molar-refractivity contribution in [3.8, 4) is 11.1 Å². The number of benzene rings is 3. The first-order valence-electron chi connectivity index (χ1n) is 20.0. The number of likely N-dealkylation sites (N-methyl/N-ethyl adjacent to an activating group) is 2. The minimum Gasteiger partial charge on any atom is -0.462 e. The van der Waals surface area contributed by atoms with E-state index in [0.717, 1.165) is 94.1 Å². The second-order valence-corrected chi connectivity index (χ2v) is 14.8. The number of aryl methyl sites for hydroxylation is 1. The van der Waals surface area contributed by atoms with Crippen LogP contribution in [0.15, 0.2) is 78.9 Å². The average Bonchev–Trinajstić information content (AvgIpc) is 3.20. The number of rotatable bonds is 22. The first kappa shape index (κ1) is 43.2. The average molecular weight is 755 g/mol. The van der Waals surface area contributed by atoms with Crippen molar-refractivity contribution >= 4 is 23.7 Å². The Bertz CT molecular complexity index is 1620. The minimum atomic E-state index is -0.180. The molecule has 10 heteroatoms. The van der Waals surface area contributed by atoms with Gasteiger partial charge in [0.2, 0.25) is 11.8 Å². The summed E-state index contributed by atoms with van der Waals surface area (Å²) in [7, 11) is 6.99. The summed E-state index contributed by atoms with van der Waals surface area (Å²) in [5.41, 5.74) is 5.04. The summed E-state index contributed by atoms with van der Waals surface area (Å²) in [6.07, 6.45) is 8.98. The minimum absolute atomic E-state index is 0.00475. The Hall–Kier alpha value is -4.54. The Balaban J connectivity index is 1.02. The van der Waals surface area contributed by atoms with Crippen molar-refractivity contribution < 1.29 is 28.7 Å². The lowest BCUT2D eigenvalue weighted by Gasteiger charge is -2.32. The number of likely N-dealkylation sites (tertiary alicyclic amines) is 1. The molecule has 1 saturated heterocycles. The van der Waals surface area contributed by atoms with Crippen LogP contribution in [0, 0.1) is 0 Å². The lowest BCUT2D eigenvalue weighted by Crippen LogP contribution is -2.42. The van der Waals surface area contributed by atoms with Gasteiger partial charge in [0.25, 0.3) is 5.91 Å². The molecule has 0 bridgehead atoms. The molecule has 0 aromatic heterocycles. The first-order chi connectivity index (χ1) is 26.6. The third-order valence-corrected chi connectivity index (χ3v) is 10.5. The molecule has 3 amide bonds. The largest absolute Gasteiger partial charge is 0.462 e. The monoisotopic (exact) mass is 754 g/mol. The summed E-state index contributed by atoms with van der Waals surface area (Å²) in [4.78, 5) is 57.9. The Morgan fingerprint density at radius 3 is 2.04 bits per heavy atom. The first-order valence-corrected chi connectivity index (χ1v) is 20.0. The number of methoxy groups -OCH3 is 1. The lowest BCUT2D eigenvalue weighted by molar-refractivity contribution is -0.150. The van der Waals surface area contributed by atoms with Crippen LogP contribution in [0.4, 0.5) is 0 Å². The molecular weight excluding hydrogens is 693 g/mol. The van der Waals surface area contributed by atoms with Crippen LogP contribution in [-0.4, -0.2) is 124 Å². The van der Waals surface area contributed by atoms with Gasteiger partial charge in [-0.25, -0.2) is 0 Å². The highest BCUT2D eigenvalue weighted by atomic mass is 16.5. The number of hydrogen-bond acceptors (Lipinski definition) is 7. The number of esters is 1. The molecule has 10 nitrogen and oxygen atoms in total. The normalized spacial score (nSPS) is 13.3. The molecule has 0 spiro atoms. The van der Waals surface area contributed by atoms with Gasteiger partial charge in [-0.1, -0.05) is 79.6 Å². The molecule has 0 saturated carbocycles. The second-order valence-electron chi connectivity index (χ2n) is 14.8. The standard InChI is InChI=1S/C45H62N4O6/c1-46(43(51)35-54-4)28-14-15-29-48(3)45(53)38-24-22-36(23-25-38)16-8-5-6-11-21-42(50)47(2)32-33-49-30-26-40(27-31-49)55-44(52)34-39-19-12-13-20-41(39)37-17-9-7-10-18-37/h7,9-10,12-13,17-20,22-25,40H,5-6,8,11,14-16,21,26-35H2,1-4H3. The Morgan fingerprint density at radius 2 is 1.33 bits per heavy atom. The SMILES string of the molecule is COCC(=O)N(C)CCCCN(C)C(=O)c1ccc(CCCCCCC(=O)N(C)CCN2CCC(OC(=O)Cc3ccccc3-c3ccccc3)CC2)cc1. The number of amides is 3. The van der Waals surface area contributed by atoms with Gasteiger partial charge in [0.15, 0.2) is 0 Å². The summed E-state index contributed by atoms with van der Waals surface area (Å²) in [5.74, 6) is -0.0259. The topological polar surface area (TPSA) is 99.7 Å². The third kappa shape index (κ3) is 14.9. The third-order valence-electron chi connectivity index (χ3n) is 10.5. The summed E-state index contributed by atoms with van der Waals surface area (Å²) >= 11 is 0. The molecule has 0 atom stereocenters. The van der Waals surface area contributed by atoms with Crippen molar-refractivity contribution in [2.75, 3.05) is 74.1 Å². The van der Waals surface area contributed by atoms with E-state index < -0.39 is 0 Å². The molecule has 4 rings (SSSR count). The molecule has 3 aromatic carbocycles. The number of unbranched alkanes of at least 4 members (excludes halogenated alkanes) is 4. The maximum Gasteiger partial charge on any atom is 0.310 e. The molecule has 1 aliphatic rings. The highest BCUT2D eigenvalue weighted by molar-refractivity contribution is 5.94. The number of ether oxygens (including phenoxy) is 2. The second kappa shape index (κ2) is 23.4. The van der Waals surface area contributed by atoms with Gasteiger partial charge in [-0.05, 0) is 79.3 Å². The number of hydrogen-bond donors (Lipinski definition) is 0. The Kier molecular flexibility index (Phi) is 18.4. The van der Waals surface area contributed by atoms with E-state index in [4.69, 9.17) is 9.47 Å². The Labute approximate surface area is 328 Å². The lowest BCUT2D eigenvalue weighted by atomic mass is 9.98. The Morgan fingerprint density at radius 1 is 0.691 bits per heavy atom. The fraction of sp³-hybridized carbons (Fsp3) is 0.511. The molecule has 1 aliphatic heterocycles. The van der Waals surface area contributed by atoms with E-state index in [1.807, 2.05) is 79.7 Å². The number of carbonyl (C=O) groups is 4. The summed E-state index contributed by atoms with van der Waals surface area (Å²) < 4.78 is 10.8. The van der Waals surface area contributed by atoms with E-state index in [1.165, 1.54) is 12.7 Å². The molecule has 1 fully saturated rings. The molecule has 3 aromatic rings. The van der Waals surface area contributed by atoms with Gasteiger partial charge in [0, 0.05) is 79.5 Å². The van der Waals surface area contributed by atoms with Crippen molar-refractivity contribution in [3.63, 3.8) is 0 Å². The van der Waals surface area contributed by atoms with E-state index in [1.54, 1.807) is 16.8 Å². The fourth-order valence-corrected chi connectivity index (χ4v) is 6.97. The van der Waals surface area contributed by atoms with Crippen molar-refractivity contribution in [3.05, 3.63) is 95.6 Å². The summed E-state index contributed by atoms with van der Waals surface area (Å²) in [6.45, 7) is 4.60. The van der Waals surface area contributed by atoms with E-state index in [0.29, 0.717) is 31.6 Å². The van der Waals surface area contributed by atoms with Gasteiger partial charge in [0.1, 0.15) is 12.7 Å². The smallest absolute Gasteiger partial charge is 0.310 e. The van der Waals surface area contributed by atoms with Crippen molar-refractivity contribution in [1.82, 2.24) is 19.6 Å². The zero-order chi connectivity index (χ0) is 39.4. The van der Waals surface area contributed by atoms with Gasteiger partial charge in [-0.2, -0.15) is 0 Å². The number of carbonyl (C=O) groups excluding carboxylic acids is 4. The van der Waals surface area contributed by atoms with Crippen LogP contribution in [0.1, 0.15) is 79.3 Å². The van der Waals surface area contributed by atoms with Crippen molar-refractivity contribution in [1.29, 1.82) is 0 Å². The number of nitrogens with zero attached hydrogens (tertiary/aromatic N) is 4. The summed E-state index contributed by atoms with van der Waals surface area (Å²) in [6, 6.07) is 26.0. The van der Waals surface area contributed by atoms with E-state index in [-0.39, 0.29) is 42.8 Å². The van der Waals surface area contributed by atoms with Crippen LogP contribution < -0.4 is 0 Å². The van der Waals surface area contributed by atoms with Crippen LogP contribution in [-0.2, 0) is 36.7 Å². The predicted molar refractivity (Wildman–Crippen MR) is 218 cm³/mol. The molecule has 55 heavy (non-hydrogen) atoms. The van der Waals surface area contributed by atoms with Crippen molar-refractivity contribution in [2.45, 2.75) is 76.7 Å². The van der Waals surface area contributed by atoms with E-state index in [9.17, 15) is 19.2 Å². The molecule has 0 N–H and O–H groups in total. The van der Waals surface area contributed by atoms with Crippen molar-refractivity contribution in [2.24, 2.45) is 0 Å². The molecule has 1 heterocycles. The van der Waals surface area contributed by atoms with Crippen LogP contribution in [0.2, 0.25) is 0 Å². The van der Waals surface area contributed by atoms with Gasteiger partial charge >= 0.3 is 5.97 Å². The van der Waals surface area contributed by atoms with Crippen LogP contribution in [0.5, 0.6) is 0 Å². The van der Waals surface area contributed by atoms with Crippen LogP contribution in [0.25, 0.3) is 11.1 Å². The highest BCUT2D eigenvalue weighted by Gasteiger charge is 2.23. The highest BCUT2D eigenvalue weighted by Crippen LogP contribution is 2.25. The van der Waals surface area contributed by atoms with Gasteiger partial charge < -0.3 is 29.1 Å². The molecule has 0 unspecified atom stereocenters. The molecule has 298 valence electrons. The van der Waals surface area contributed by atoms with Crippen LogP contribution >= 0.6 is 0 Å². The maximum atomic E-state index is 12.9. The zero-order valence-electron chi connectivity index (χ0n) is 33.5. The number of piperidine rings is 1. The predicted octanol–water partition coefficient (Wildman–Crippen LogP) is 6.51. The molecular formula is C45H62N4O6. The maximum absolute atomic E-state index is 12.9. The fourth-order valence-electron chi connectivity index (χ4n) is 6.97. The van der Waals surface area contributed by atoms with E-state index >= 15 is 0 Å². The zero-order valence-corrected chi connectivity index (χ0v) is 33.5. The van der Waals surface area contributed by atoms with E-state index in [2.05, 4.69) is 23.1 Å². The summed E-state index contributed by atoms with van der Waals surface area (Å²) in [5, 5.41) is 0. The van der Waals surface area contributed by atoms with Gasteiger partial charge in [-0.15, -0.1) is 0 Å².